The van der Waals surface area contributed by atoms with E-state index in [2.05, 4.69) is 22.5 Å². The van der Waals surface area contributed by atoms with Crippen LogP contribution in [-0.4, -0.2) is 17.4 Å². The molecule has 0 radical (unpaired) electrons. The van der Waals surface area contributed by atoms with Crippen LogP contribution < -0.4 is 10.6 Å². The lowest BCUT2D eigenvalue weighted by Gasteiger charge is -2.10. The summed E-state index contributed by atoms with van der Waals surface area (Å²) in [6, 6.07) is 8.07. The maximum atomic E-state index is 13.5. The molecule has 110 valence electrons. The van der Waals surface area contributed by atoms with Gasteiger partial charge in [0.05, 0.1) is 0 Å². The summed E-state index contributed by atoms with van der Waals surface area (Å²) in [4.78, 5) is 16.2. The average molecular weight is 287 g/mol. The van der Waals surface area contributed by atoms with Crippen LogP contribution >= 0.6 is 0 Å². The highest BCUT2D eigenvalue weighted by Gasteiger charge is 2.11. The molecule has 21 heavy (non-hydrogen) atoms. The summed E-state index contributed by atoms with van der Waals surface area (Å²) in [6.07, 6.45) is 2.57. The van der Waals surface area contributed by atoms with E-state index in [0.717, 1.165) is 18.7 Å². The second kappa shape index (κ2) is 6.83. The van der Waals surface area contributed by atoms with Gasteiger partial charge in [-0.25, -0.2) is 4.39 Å². The number of benzene rings is 1. The standard InChI is InChI=1S/C16H18FN3O/c1-3-8-18-12-7-9-19-15(10-12)16(21)20-14-6-4-5-13(17)11(14)2/h4-7,9-10H,3,8H2,1-2H3,(H,18,19)(H,20,21). The lowest BCUT2D eigenvalue weighted by atomic mass is 10.2. The Balaban J connectivity index is 2.15. The third-order valence-corrected chi connectivity index (χ3v) is 3.09. The summed E-state index contributed by atoms with van der Waals surface area (Å²) in [7, 11) is 0. The highest BCUT2D eigenvalue weighted by Crippen LogP contribution is 2.18. The van der Waals surface area contributed by atoms with Crippen molar-refractivity contribution in [2.75, 3.05) is 17.2 Å². The van der Waals surface area contributed by atoms with Gasteiger partial charge >= 0.3 is 0 Å². The van der Waals surface area contributed by atoms with E-state index in [4.69, 9.17) is 0 Å². The fourth-order valence-corrected chi connectivity index (χ4v) is 1.86. The van der Waals surface area contributed by atoms with Gasteiger partial charge in [0.1, 0.15) is 11.5 Å². The summed E-state index contributed by atoms with van der Waals surface area (Å²) >= 11 is 0. The molecule has 0 aliphatic heterocycles. The van der Waals surface area contributed by atoms with E-state index in [1.807, 2.05) is 0 Å². The van der Waals surface area contributed by atoms with Crippen molar-refractivity contribution in [3.63, 3.8) is 0 Å². The highest BCUT2D eigenvalue weighted by atomic mass is 19.1. The molecule has 2 rings (SSSR count). The number of halogens is 1. The Labute approximate surface area is 123 Å². The van der Waals surface area contributed by atoms with Crippen molar-refractivity contribution in [3.05, 3.63) is 53.6 Å². The first-order valence-corrected chi connectivity index (χ1v) is 6.88. The molecule has 0 bridgehead atoms. The van der Waals surface area contributed by atoms with Gasteiger partial charge in [-0.05, 0) is 37.6 Å². The van der Waals surface area contributed by atoms with Crippen molar-refractivity contribution in [2.24, 2.45) is 0 Å². The quantitative estimate of drug-likeness (QED) is 0.883. The molecule has 1 aromatic heterocycles. The van der Waals surface area contributed by atoms with Crippen LogP contribution in [0, 0.1) is 12.7 Å². The van der Waals surface area contributed by atoms with E-state index in [9.17, 15) is 9.18 Å². The van der Waals surface area contributed by atoms with Crippen LogP contribution in [0.25, 0.3) is 0 Å². The van der Waals surface area contributed by atoms with Gasteiger partial charge in [0.2, 0.25) is 0 Å². The topological polar surface area (TPSA) is 54.0 Å². The summed E-state index contributed by atoms with van der Waals surface area (Å²) in [5.41, 5.74) is 1.99. The molecule has 1 aromatic carbocycles. The molecule has 2 N–H and O–H groups in total. The Bertz CT molecular complexity index is 643. The molecular formula is C16H18FN3O. The Hall–Kier alpha value is -2.43. The van der Waals surface area contributed by atoms with E-state index in [0.29, 0.717) is 16.9 Å². The van der Waals surface area contributed by atoms with E-state index in [1.165, 1.54) is 6.07 Å². The molecule has 0 aliphatic rings. The van der Waals surface area contributed by atoms with Gasteiger partial charge in [-0.2, -0.15) is 0 Å². The number of hydrogen-bond donors (Lipinski definition) is 2. The van der Waals surface area contributed by atoms with E-state index in [1.54, 1.807) is 37.4 Å². The number of nitrogens with one attached hydrogen (secondary N) is 2. The van der Waals surface area contributed by atoms with Gasteiger partial charge < -0.3 is 10.6 Å². The number of pyridine rings is 1. The molecule has 0 aliphatic carbocycles. The van der Waals surface area contributed by atoms with Gasteiger partial charge in [0, 0.05) is 29.7 Å². The SMILES string of the molecule is CCCNc1ccnc(C(=O)Nc2cccc(F)c2C)c1. The number of nitrogens with zero attached hydrogens (tertiary/aromatic N) is 1. The number of carbonyl (C=O) groups is 1. The molecule has 0 spiro atoms. The maximum Gasteiger partial charge on any atom is 0.274 e. The second-order valence-corrected chi connectivity index (χ2v) is 4.72. The molecule has 0 saturated heterocycles. The number of carbonyl (C=O) groups excluding carboxylic acids is 1. The van der Waals surface area contributed by atoms with E-state index >= 15 is 0 Å². The second-order valence-electron chi connectivity index (χ2n) is 4.72. The number of hydrogen-bond acceptors (Lipinski definition) is 3. The molecule has 4 nitrogen and oxygen atoms in total. The lowest BCUT2D eigenvalue weighted by molar-refractivity contribution is 0.102. The summed E-state index contributed by atoms with van der Waals surface area (Å²) < 4.78 is 13.5. The van der Waals surface area contributed by atoms with Crippen LogP contribution in [0.15, 0.2) is 36.5 Å². The average Bonchev–Trinajstić information content (AvgIpc) is 2.50. The van der Waals surface area contributed by atoms with Gasteiger partial charge in [-0.15, -0.1) is 0 Å². The zero-order valence-corrected chi connectivity index (χ0v) is 12.1. The summed E-state index contributed by atoms with van der Waals surface area (Å²) in [5.74, 6) is -0.706. The van der Waals surface area contributed by atoms with Crippen molar-refractivity contribution >= 4 is 17.3 Å². The minimum absolute atomic E-state index is 0.291. The number of aromatic nitrogens is 1. The van der Waals surface area contributed by atoms with Crippen LogP contribution in [-0.2, 0) is 0 Å². The monoisotopic (exact) mass is 287 g/mol. The number of anilines is 2. The van der Waals surface area contributed by atoms with Crippen LogP contribution in [0.2, 0.25) is 0 Å². The van der Waals surface area contributed by atoms with Crippen LogP contribution in [0.1, 0.15) is 29.4 Å². The molecule has 1 amide bonds. The van der Waals surface area contributed by atoms with Crippen LogP contribution in [0.3, 0.4) is 0 Å². The summed E-state index contributed by atoms with van der Waals surface area (Å²) in [5, 5.41) is 5.88. The predicted molar refractivity (Wildman–Crippen MR) is 82.1 cm³/mol. The third-order valence-electron chi connectivity index (χ3n) is 3.09. The third kappa shape index (κ3) is 3.78. The fraction of sp³-hybridized carbons (Fsp3) is 0.250. The van der Waals surface area contributed by atoms with Gasteiger partial charge in [0.25, 0.3) is 5.91 Å². The Morgan fingerprint density at radius 1 is 1.33 bits per heavy atom. The van der Waals surface area contributed by atoms with Crippen molar-refractivity contribution in [1.29, 1.82) is 0 Å². The first-order valence-electron chi connectivity index (χ1n) is 6.88. The van der Waals surface area contributed by atoms with Crippen molar-refractivity contribution in [3.8, 4) is 0 Å². The molecule has 0 saturated carbocycles. The van der Waals surface area contributed by atoms with Crippen molar-refractivity contribution in [1.82, 2.24) is 4.98 Å². The Morgan fingerprint density at radius 3 is 2.90 bits per heavy atom. The van der Waals surface area contributed by atoms with Gasteiger partial charge in [-0.3, -0.25) is 9.78 Å². The normalized spacial score (nSPS) is 10.2. The number of amides is 1. The molecular weight excluding hydrogens is 269 g/mol. The van der Waals surface area contributed by atoms with E-state index < -0.39 is 0 Å². The minimum Gasteiger partial charge on any atom is -0.385 e. The molecule has 0 atom stereocenters. The highest BCUT2D eigenvalue weighted by molar-refractivity contribution is 6.03. The smallest absolute Gasteiger partial charge is 0.274 e. The molecule has 0 unspecified atom stereocenters. The Morgan fingerprint density at radius 2 is 2.14 bits per heavy atom. The van der Waals surface area contributed by atoms with Gasteiger partial charge in [-0.1, -0.05) is 13.0 Å². The summed E-state index contributed by atoms with van der Waals surface area (Å²) in [6.45, 7) is 4.51. The van der Waals surface area contributed by atoms with Gasteiger partial charge in [0.15, 0.2) is 0 Å². The van der Waals surface area contributed by atoms with Crippen LogP contribution in [0.4, 0.5) is 15.8 Å². The number of rotatable bonds is 5. The van der Waals surface area contributed by atoms with Crippen LogP contribution in [0.5, 0.6) is 0 Å². The van der Waals surface area contributed by atoms with E-state index in [-0.39, 0.29) is 11.7 Å². The molecule has 5 heteroatoms. The zero-order valence-electron chi connectivity index (χ0n) is 12.1. The zero-order chi connectivity index (χ0) is 15.2. The molecule has 0 fully saturated rings. The molecule has 2 aromatic rings. The predicted octanol–water partition coefficient (Wildman–Crippen LogP) is 3.60. The minimum atomic E-state index is -0.358. The maximum absolute atomic E-state index is 13.5. The first-order chi connectivity index (χ1) is 10.1. The lowest BCUT2D eigenvalue weighted by Crippen LogP contribution is -2.15. The molecule has 1 heterocycles. The Kier molecular flexibility index (Phi) is 4.87. The first kappa shape index (κ1) is 15.0. The largest absolute Gasteiger partial charge is 0.385 e. The van der Waals surface area contributed by atoms with Crippen molar-refractivity contribution < 1.29 is 9.18 Å². The fourth-order valence-electron chi connectivity index (χ4n) is 1.86. The van der Waals surface area contributed by atoms with Crippen molar-refractivity contribution in [2.45, 2.75) is 20.3 Å².